The van der Waals surface area contributed by atoms with Crippen molar-refractivity contribution in [2.75, 3.05) is 39.3 Å². The number of carbonyl (C=O) groups is 3. The molecule has 1 aromatic carbocycles. The SMILES string of the molecule is CC(C)(C)OC(=O)N1CCN2C(NCCCCN3C(=O)c4ccccc4C3=O)=NCC2C1. The number of hydrogen-bond donors (Lipinski definition) is 1. The van der Waals surface area contributed by atoms with Crippen molar-refractivity contribution in [1.29, 1.82) is 0 Å². The molecular weight excluding hydrogens is 410 g/mol. The van der Waals surface area contributed by atoms with Gasteiger partial charge in [0.15, 0.2) is 5.96 Å². The summed E-state index contributed by atoms with van der Waals surface area (Å²) < 4.78 is 5.49. The number of benzene rings is 1. The summed E-state index contributed by atoms with van der Waals surface area (Å²) in [7, 11) is 0. The summed E-state index contributed by atoms with van der Waals surface area (Å²) in [6.07, 6.45) is 1.27. The quantitative estimate of drug-likeness (QED) is 0.554. The molecule has 1 aromatic rings. The fraction of sp³-hybridized carbons (Fsp3) is 0.565. The fourth-order valence-electron chi connectivity index (χ4n) is 4.26. The first-order chi connectivity index (χ1) is 15.2. The van der Waals surface area contributed by atoms with E-state index in [0.717, 1.165) is 18.8 Å². The molecule has 1 fully saturated rings. The van der Waals surface area contributed by atoms with Gasteiger partial charge in [0, 0.05) is 32.7 Å². The molecule has 0 spiro atoms. The number of amides is 3. The number of carbonyl (C=O) groups excluding carboxylic acids is 3. The number of nitrogens with zero attached hydrogens (tertiary/aromatic N) is 4. The predicted octanol–water partition coefficient (Wildman–Crippen LogP) is 1.94. The third-order valence-corrected chi connectivity index (χ3v) is 5.83. The van der Waals surface area contributed by atoms with Gasteiger partial charge in [-0.3, -0.25) is 19.5 Å². The number of ether oxygens (including phenoxy) is 1. The van der Waals surface area contributed by atoms with Gasteiger partial charge in [0.05, 0.1) is 23.7 Å². The zero-order chi connectivity index (χ0) is 22.9. The summed E-state index contributed by atoms with van der Waals surface area (Å²) in [4.78, 5) is 47.1. The number of imide groups is 1. The van der Waals surface area contributed by atoms with Crippen LogP contribution in [0.15, 0.2) is 29.3 Å². The van der Waals surface area contributed by atoms with E-state index in [9.17, 15) is 14.4 Å². The van der Waals surface area contributed by atoms with E-state index < -0.39 is 5.60 Å². The fourth-order valence-corrected chi connectivity index (χ4v) is 4.26. The maximum absolute atomic E-state index is 12.4. The number of guanidine groups is 1. The van der Waals surface area contributed by atoms with Crippen LogP contribution in [-0.4, -0.2) is 89.5 Å². The van der Waals surface area contributed by atoms with Gasteiger partial charge in [0.2, 0.25) is 0 Å². The van der Waals surface area contributed by atoms with Crippen LogP contribution in [0.2, 0.25) is 0 Å². The van der Waals surface area contributed by atoms with Crippen molar-refractivity contribution in [1.82, 2.24) is 20.0 Å². The second kappa shape index (κ2) is 8.80. The first kappa shape index (κ1) is 22.1. The standard InChI is InChI=1S/C23H31N5O4/c1-23(2,3)32-22(31)26-12-13-27-16(15-26)14-25-21(27)24-10-6-7-11-28-19(29)17-8-4-5-9-18(17)20(28)30/h4-5,8-9,16H,6-7,10-15H2,1-3H3,(H,24,25). The minimum absolute atomic E-state index is 0.164. The summed E-state index contributed by atoms with van der Waals surface area (Å²) in [6.45, 7) is 9.30. The number of piperazine rings is 1. The van der Waals surface area contributed by atoms with Crippen LogP contribution >= 0.6 is 0 Å². The Morgan fingerprint density at radius 1 is 1.12 bits per heavy atom. The lowest BCUT2D eigenvalue weighted by Gasteiger charge is -2.39. The zero-order valence-corrected chi connectivity index (χ0v) is 19.0. The van der Waals surface area contributed by atoms with Crippen LogP contribution in [0.5, 0.6) is 0 Å². The van der Waals surface area contributed by atoms with Crippen molar-refractivity contribution in [2.24, 2.45) is 4.99 Å². The van der Waals surface area contributed by atoms with Gasteiger partial charge in [-0.15, -0.1) is 0 Å². The Morgan fingerprint density at radius 2 is 1.81 bits per heavy atom. The van der Waals surface area contributed by atoms with Crippen molar-refractivity contribution in [2.45, 2.75) is 45.3 Å². The number of hydrogen-bond acceptors (Lipinski definition) is 7. The predicted molar refractivity (Wildman–Crippen MR) is 120 cm³/mol. The molecule has 1 atom stereocenters. The monoisotopic (exact) mass is 441 g/mol. The average molecular weight is 442 g/mol. The normalized spacial score (nSPS) is 20.3. The third kappa shape index (κ3) is 4.56. The Bertz CT molecular complexity index is 904. The minimum atomic E-state index is -0.500. The Kier molecular flexibility index (Phi) is 6.08. The number of unbranched alkanes of at least 4 members (excludes halogenated alkanes) is 1. The van der Waals surface area contributed by atoms with E-state index in [4.69, 9.17) is 4.74 Å². The van der Waals surface area contributed by atoms with Crippen molar-refractivity contribution >= 4 is 23.9 Å². The second-order valence-corrected chi connectivity index (χ2v) is 9.38. The van der Waals surface area contributed by atoms with Gasteiger partial charge < -0.3 is 19.9 Å². The number of rotatable bonds is 5. The summed E-state index contributed by atoms with van der Waals surface area (Å²) in [5.41, 5.74) is 0.486. The number of fused-ring (bicyclic) bond motifs is 2. The van der Waals surface area contributed by atoms with E-state index in [1.807, 2.05) is 20.8 Å². The van der Waals surface area contributed by atoms with Crippen molar-refractivity contribution in [3.63, 3.8) is 0 Å². The van der Waals surface area contributed by atoms with Gasteiger partial charge in [-0.2, -0.15) is 0 Å². The molecule has 3 amide bonds. The minimum Gasteiger partial charge on any atom is -0.444 e. The second-order valence-electron chi connectivity index (χ2n) is 9.38. The van der Waals surface area contributed by atoms with Gasteiger partial charge in [-0.1, -0.05) is 12.1 Å². The largest absolute Gasteiger partial charge is 0.444 e. The van der Waals surface area contributed by atoms with Crippen molar-refractivity contribution in [3.8, 4) is 0 Å². The van der Waals surface area contributed by atoms with Crippen LogP contribution in [0, 0.1) is 0 Å². The molecule has 3 heterocycles. The molecule has 4 rings (SSSR count). The lowest BCUT2D eigenvalue weighted by molar-refractivity contribution is 0.0137. The molecule has 1 saturated heterocycles. The van der Waals surface area contributed by atoms with E-state index in [2.05, 4.69) is 15.2 Å². The van der Waals surface area contributed by atoms with E-state index in [1.165, 1.54) is 4.90 Å². The maximum atomic E-state index is 12.4. The molecule has 0 radical (unpaired) electrons. The highest BCUT2D eigenvalue weighted by Crippen LogP contribution is 2.23. The molecule has 1 N–H and O–H groups in total. The zero-order valence-electron chi connectivity index (χ0n) is 19.0. The molecule has 0 saturated carbocycles. The highest BCUT2D eigenvalue weighted by molar-refractivity contribution is 6.21. The molecule has 9 nitrogen and oxygen atoms in total. The van der Waals surface area contributed by atoms with Gasteiger partial charge in [0.25, 0.3) is 11.8 Å². The Morgan fingerprint density at radius 3 is 2.47 bits per heavy atom. The van der Waals surface area contributed by atoms with Gasteiger partial charge in [0.1, 0.15) is 5.60 Å². The molecule has 0 bridgehead atoms. The van der Waals surface area contributed by atoms with Crippen molar-refractivity contribution < 1.29 is 19.1 Å². The van der Waals surface area contributed by atoms with E-state index >= 15 is 0 Å². The van der Waals surface area contributed by atoms with Crippen LogP contribution in [0.25, 0.3) is 0 Å². The summed E-state index contributed by atoms with van der Waals surface area (Å²) in [5.74, 6) is 0.452. The van der Waals surface area contributed by atoms with Crippen LogP contribution in [0.1, 0.15) is 54.3 Å². The summed E-state index contributed by atoms with van der Waals surface area (Å²) >= 11 is 0. The lowest BCUT2D eigenvalue weighted by atomic mass is 10.1. The van der Waals surface area contributed by atoms with Crippen LogP contribution in [0.3, 0.4) is 0 Å². The van der Waals surface area contributed by atoms with Gasteiger partial charge in [-0.05, 0) is 45.7 Å². The molecule has 1 unspecified atom stereocenters. The molecule has 172 valence electrons. The van der Waals surface area contributed by atoms with E-state index in [0.29, 0.717) is 50.4 Å². The Balaban J connectivity index is 1.18. The highest BCUT2D eigenvalue weighted by atomic mass is 16.6. The Hall–Kier alpha value is -3.10. The van der Waals surface area contributed by atoms with Gasteiger partial charge in [-0.25, -0.2) is 4.79 Å². The molecule has 32 heavy (non-hydrogen) atoms. The third-order valence-electron chi connectivity index (χ3n) is 5.83. The lowest BCUT2D eigenvalue weighted by Crippen LogP contribution is -2.57. The van der Waals surface area contributed by atoms with Crippen LogP contribution < -0.4 is 5.32 Å². The molecule has 9 heteroatoms. The van der Waals surface area contributed by atoms with Gasteiger partial charge >= 0.3 is 6.09 Å². The molecule has 0 aliphatic carbocycles. The maximum Gasteiger partial charge on any atom is 0.410 e. The Labute approximate surface area is 188 Å². The molecular formula is C23H31N5O4. The highest BCUT2D eigenvalue weighted by Gasteiger charge is 2.37. The molecule has 3 aliphatic heterocycles. The average Bonchev–Trinajstić information content (AvgIpc) is 3.26. The molecule has 3 aliphatic rings. The smallest absolute Gasteiger partial charge is 0.410 e. The van der Waals surface area contributed by atoms with Crippen LogP contribution in [-0.2, 0) is 4.74 Å². The summed E-state index contributed by atoms with van der Waals surface area (Å²) in [5, 5.41) is 3.38. The number of nitrogens with one attached hydrogen (secondary N) is 1. The summed E-state index contributed by atoms with van der Waals surface area (Å²) in [6, 6.07) is 7.13. The van der Waals surface area contributed by atoms with E-state index in [1.54, 1.807) is 29.2 Å². The molecule has 0 aromatic heterocycles. The van der Waals surface area contributed by atoms with E-state index in [-0.39, 0.29) is 23.9 Å². The first-order valence-corrected chi connectivity index (χ1v) is 11.2. The van der Waals surface area contributed by atoms with Crippen molar-refractivity contribution in [3.05, 3.63) is 35.4 Å². The first-order valence-electron chi connectivity index (χ1n) is 11.2. The number of aliphatic imine (C=N–C) groups is 1. The topological polar surface area (TPSA) is 94.5 Å². The van der Waals surface area contributed by atoms with Crippen LogP contribution in [0.4, 0.5) is 4.79 Å².